The van der Waals surface area contributed by atoms with Gasteiger partial charge in [-0.1, -0.05) is 27.2 Å². The van der Waals surface area contributed by atoms with Gasteiger partial charge in [0.1, 0.15) is 0 Å². The summed E-state index contributed by atoms with van der Waals surface area (Å²) in [5.41, 5.74) is 0.284. The first kappa shape index (κ1) is 13.9. The summed E-state index contributed by atoms with van der Waals surface area (Å²) in [6, 6.07) is 0.609. The molecule has 0 fully saturated rings. The molecule has 0 bridgehead atoms. The molecule has 0 amide bonds. The van der Waals surface area contributed by atoms with Crippen molar-refractivity contribution in [3.8, 4) is 0 Å². The van der Waals surface area contributed by atoms with Gasteiger partial charge in [0.05, 0.1) is 0 Å². The number of nitrogens with zero attached hydrogens (tertiary/aromatic N) is 1. The molecule has 2 nitrogen and oxygen atoms in total. The van der Waals surface area contributed by atoms with Gasteiger partial charge < -0.3 is 10.2 Å². The van der Waals surface area contributed by atoms with Gasteiger partial charge in [-0.05, 0) is 40.4 Å². The maximum atomic E-state index is 3.61. The third kappa shape index (κ3) is 3.25. The van der Waals surface area contributed by atoms with Crippen molar-refractivity contribution in [1.29, 1.82) is 0 Å². The molecule has 0 heterocycles. The van der Waals surface area contributed by atoms with Gasteiger partial charge in [0.2, 0.25) is 0 Å². The van der Waals surface area contributed by atoms with E-state index in [0.29, 0.717) is 6.04 Å². The van der Waals surface area contributed by atoms with E-state index in [9.17, 15) is 0 Å². The van der Waals surface area contributed by atoms with Gasteiger partial charge in [-0.15, -0.1) is 0 Å². The number of hydrogen-bond acceptors (Lipinski definition) is 2. The zero-order chi connectivity index (χ0) is 11.2. The van der Waals surface area contributed by atoms with Gasteiger partial charge in [-0.3, -0.25) is 0 Å². The second-order valence-corrected chi connectivity index (χ2v) is 4.50. The van der Waals surface area contributed by atoms with Crippen LogP contribution in [0.4, 0.5) is 0 Å². The molecule has 0 aromatic heterocycles. The lowest BCUT2D eigenvalue weighted by Crippen LogP contribution is -2.56. The summed E-state index contributed by atoms with van der Waals surface area (Å²) in [5.74, 6) is 0. The van der Waals surface area contributed by atoms with Crippen LogP contribution in [-0.4, -0.2) is 37.1 Å². The third-order valence-corrected chi connectivity index (χ3v) is 3.52. The molecule has 14 heavy (non-hydrogen) atoms. The topological polar surface area (TPSA) is 15.3 Å². The fourth-order valence-electron chi connectivity index (χ4n) is 2.04. The smallest absolute Gasteiger partial charge is 0.0325 e. The Kier molecular flexibility index (Phi) is 6.38. The van der Waals surface area contributed by atoms with Crippen molar-refractivity contribution in [3.05, 3.63) is 0 Å². The van der Waals surface area contributed by atoms with E-state index in [1.54, 1.807) is 0 Å². The van der Waals surface area contributed by atoms with Crippen molar-refractivity contribution in [2.24, 2.45) is 0 Å². The number of nitrogens with one attached hydrogen (secondary N) is 1. The first-order chi connectivity index (χ1) is 6.52. The summed E-state index contributed by atoms with van der Waals surface area (Å²) in [5, 5.41) is 3.61. The van der Waals surface area contributed by atoms with Crippen molar-refractivity contribution in [1.82, 2.24) is 10.2 Å². The van der Waals surface area contributed by atoms with E-state index >= 15 is 0 Å². The van der Waals surface area contributed by atoms with Gasteiger partial charge in [0.25, 0.3) is 0 Å². The monoisotopic (exact) mass is 200 g/mol. The second-order valence-electron chi connectivity index (χ2n) is 4.50. The number of rotatable bonds is 7. The quantitative estimate of drug-likeness (QED) is 0.679. The van der Waals surface area contributed by atoms with Crippen LogP contribution < -0.4 is 5.32 Å². The van der Waals surface area contributed by atoms with Gasteiger partial charge in [0, 0.05) is 11.6 Å². The van der Waals surface area contributed by atoms with Crippen molar-refractivity contribution in [2.75, 3.05) is 20.6 Å². The molecule has 0 aromatic carbocycles. The summed E-state index contributed by atoms with van der Waals surface area (Å²) in [7, 11) is 4.37. The first-order valence-electron chi connectivity index (χ1n) is 5.93. The molecule has 0 spiro atoms. The first-order valence-corrected chi connectivity index (χ1v) is 5.93. The van der Waals surface area contributed by atoms with E-state index in [1.807, 2.05) is 0 Å². The Morgan fingerprint density at radius 2 is 1.79 bits per heavy atom. The Hall–Kier alpha value is -0.0800. The van der Waals surface area contributed by atoms with E-state index in [1.165, 1.54) is 19.3 Å². The fourth-order valence-corrected chi connectivity index (χ4v) is 2.04. The Balaban J connectivity index is 4.55. The lowest BCUT2D eigenvalue weighted by atomic mass is 9.85. The van der Waals surface area contributed by atoms with Crippen LogP contribution in [0.3, 0.4) is 0 Å². The van der Waals surface area contributed by atoms with Crippen LogP contribution >= 0.6 is 0 Å². The van der Waals surface area contributed by atoms with Crippen LogP contribution in [0.1, 0.15) is 47.0 Å². The predicted octanol–water partition coefficient (Wildman–Crippen LogP) is 2.49. The molecule has 0 aromatic rings. The SMILES string of the molecule is CCCC(NCC)C(C)(CC)N(C)C. The zero-order valence-corrected chi connectivity index (χ0v) is 10.9. The molecule has 0 rings (SSSR count). The highest BCUT2D eigenvalue weighted by molar-refractivity contribution is 4.93. The average Bonchev–Trinajstić information content (AvgIpc) is 2.16. The molecule has 0 aliphatic rings. The fraction of sp³-hybridized carbons (Fsp3) is 1.00. The zero-order valence-electron chi connectivity index (χ0n) is 10.9. The van der Waals surface area contributed by atoms with Gasteiger partial charge in [-0.2, -0.15) is 0 Å². The average molecular weight is 200 g/mol. The van der Waals surface area contributed by atoms with Gasteiger partial charge >= 0.3 is 0 Å². The Labute approximate surface area is 90.1 Å². The number of hydrogen-bond donors (Lipinski definition) is 1. The largest absolute Gasteiger partial charge is 0.312 e. The highest BCUT2D eigenvalue weighted by Crippen LogP contribution is 2.23. The van der Waals surface area contributed by atoms with E-state index in [-0.39, 0.29) is 5.54 Å². The van der Waals surface area contributed by atoms with Crippen LogP contribution in [0.15, 0.2) is 0 Å². The van der Waals surface area contributed by atoms with E-state index in [4.69, 9.17) is 0 Å². The molecule has 1 N–H and O–H groups in total. The molecule has 0 saturated carbocycles. The minimum Gasteiger partial charge on any atom is -0.312 e. The number of likely N-dealkylation sites (N-methyl/N-ethyl adjacent to an activating group) is 2. The summed E-state index contributed by atoms with van der Waals surface area (Å²) >= 11 is 0. The molecule has 2 atom stereocenters. The molecule has 86 valence electrons. The van der Waals surface area contributed by atoms with Crippen LogP contribution in [0.2, 0.25) is 0 Å². The highest BCUT2D eigenvalue weighted by atomic mass is 15.2. The van der Waals surface area contributed by atoms with Crippen molar-refractivity contribution >= 4 is 0 Å². The van der Waals surface area contributed by atoms with Gasteiger partial charge in [-0.25, -0.2) is 0 Å². The van der Waals surface area contributed by atoms with Crippen LogP contribution in [0.5, 0.6) is 0 Å². The summed E-state index contributed by atoms with van der Waals surface area (Å²) < 4.78 is 0. The highest BCUT2D eigenvalue weighted by Gasteiger charge is 2.33. The minimum atomic E-state index is 0.284. The standard InChI is InChI=1S/C12H28N2/c1-7-10-11(13-9-3)12(4,8-2)14(5)6/h11,13H,7-10H2,1-6H3. The third-order valence-electron chi connectivity index (χ3n) is 3.52. The lowest BCUT2D eigenvalue weighted by molar-refractivity contribution is 0.108. The second kappa shape index (κ2) is 6.41. The Bertz CT molecular complexity index is 139. The molecule has 2 heteroatoms. The summed E-state index contributed by atoms with van der Waals surface area (Å²) in [6.45, 7) is 10.1. The van der Waals surface area contributed by atoms with Crippen molar-refractivity contribution in [3.63, 3.8) is 0 Å². The van der Waals surface area contributed by atoms with Crippen LogP contribution in [0, 0.1) is 0 Å². The van der Waals surface area contributed by atoms with Crippen LogP contribution in [0.25, 0.3) is 0 Å². The molecular weight excluding hydrogens is 172 g/mol. The lowest BCUT2D eigenvalue weighted by Gasteiger charge is -2.43. The van der Waals surface area contributed by atoms with Crippen molar-refractivity contribution < 1.29 is 0 Å². The maximum Gasteiger partial charge on any atom is 0.0325 e. The summed E-state index contributed by atoms with van der Waals surface area (Å²) in [4.78, 5) is 2.36. The molecule has 0 aliphatic carbocycles. The maximum absolute atomic E-state index is 3.61. The Morgan fingerprint density at radius 1 is 1.21 bits per heavy atom. The molecule has 0 saturated heterocycles. The normalized spacial score (nSPS) is 18.2. The summed E-state index contributed by atoms with van der Waals surface area (Å²) in [6.07, 6.45) is 3.70. The van der Waals surface area contributed by atoms with E-state index in [0.717, 1.165) is 6.54 Å². The predicted molar refractivity (Wildman–Crippen MR) is 64.8 cm³/mol. The minimum absolute atomic E-state index is 0.284. The van der Waals surface area contributed by atoms with Gasteiger partial charge in [0.15, 0.2) is 0 Å². The van der Waals surface area contributed by atoms with Crippen molar-refractivity contribution in [2.45, 2.75) is 58.5 Å². The Morgan fingerprint density at radius 3 is 2.07 bits per heavy atom. The van der Waals surface area contributed by atoms with Crippen LogP contribution in [-0.2, 0) is 0 Å². The molecule has 2 unspecified atom stereocenters. The molecule has 0 aliphatic heterocycles. The molecular formula is C12H28N2. The van der Waals surface area contributed by atoms with E-state index in [2.05, 4.69) is 52.0 Å². The molecule has 0 radical (unpaired) electrons. The van der Waals surface area contributed by atoms with E-state index < -0.39 is 0 Å².